The van der Waals surface area contributed by atoms with Crippen LogP contribution in [0.25, 0.3) is 0 Å². The van der Waals surface area contributed by atoms with Gasteiger partial charge in [0.2, 0.25) is 0 Å². The molecule has 0 radical (unpaired) electrons. The zero-order valence-electron chi connectivity index (χ0n) is 15.1. The summed E-state index contributed by atoms with van der Waals surface area (Å²) in [5.74, 6) is -1.51. The Bertz CT molecular complexity index is 1070. The molecule has 0 saturated heterocycles. The summed E-state index contributed by atoms with van der Waals surface area (Å²) in [6, 6.07) is 9.17. The number of halogens is 4. The average Bonchev–Trinajstić information content (AvgIpc) is 2.81. The van der Waals surface area contributed by atoms with Gasteiger partial charge in [-0.25, -0.2) is 12.8 Å². The second-order valence-corrected chi connectivity index (χ2v) is 10.6. The quantitative estimate of drug-likeness (QED) is 0.525. The largest absolute Gasteiger partial charge is 0.342 e. The molecule has 2 aromatic rings. The van der Waals surface area contributed by atoms with Gasteiger partial charge in [0.25, 0.3) is 19.7 Å². The number of hydrogen-bond acceptors (Lipinski definition) is 3. The average molecular weight is 478 g/mol. The van der Waals surface area contributed by atoms with Crippen LogP contribution in [0.3, 0.4) is 0 Å². The molecule has 2 aromatic carbocycles. The van der Waals surface area contributed by atoms with E-state index in [-0.39, 0.29) is 17.1 Å². The summed E-state index contributed by atoms with van der Waals surface area (Å²) in [6.45, 7) is 1.78. The first-order chi connectivity index (χ1) is 13.5. The summed E-state index contributed by atoms with van der Waals surface area (Å²) in [5.41, 5.74) is 1.34. The number of benzene rings is 2. The predicted octanol–water partition coefficient (Wildman–Crippen LogP) is 4.43. The Morgan fingerprint density at radius 3 is 2.45 bits per heavy atom. The fraction of sp³-hybridized carbons (Fsp3) is 0.211. The standard InChI is InChI=1S/C19H16Cl3FN2O3S/c1-12-4-7-14(8-5-12)29(27,28)25-10-2-3-16(24-18(26)19(20,21)22)15-9-6-13(23)11-17(15)25/h2-9,11,16H,10H2,1H3,(H,24,26). The van der Waals surface area contributed by atoms with E-state index in [1.165, 1.54) is 24.3 Å². The van der Waals surface area contributed by atoms with Crippen LogP contribution in [0.2, 0.25) is 0 Å². The highest BCUT2D eigenvalue weighted by Gasteiger charge is 2.35. The highest BCUT2D eigenvalue weighted by atomic mass is 35.6. The molecule has 1 N–H and O–H groups in total. The van der Waals surface area contributed by atoms with Crippen molar-refractivity contribution < 1.29 is 17.6 Å². The topological polar surface area (TPSA) is 66.5 Å². The molecular weight excluding hydrogens is 462 g/mol. The van der Waals surface area contributed by atoms with E-state index >= 15 is 0 Å². The van der Waals surface area contributed by atoms with Crippen molar-refractivity contribution in [2.45, 2.75) is 21.7 Å². The third-order valence-electron chi connectivity index (χ3n) is 4.35. The molecule has 0 aromatic heterocycles. The van der Waals surface area contributed by atoms with E-state index in [1.807, 2.05) is 6.92 Å². The lowest BCUT2D eigenvalue weighted by atomic mass is 10.0. The summed E-state index contributed by atoms with van der Waals surface area (Å²) < 4.78 is 39.4. The minimum Gasteiger partial charge on any atom is -0.342 e. The van der Waals surface area contributed by atoms with Gasteiger partial charge in [-0.15, -0.1) is 0 Å². The molecule has 0 fully saturated rings. The maximum absolute atomic E-state index is 14.0. The van der Waals surface area contributed by atoms with Crippen LogP contribution in [-0.4, -0.2) is 24.7 Å². The molecule has 29 heavy (non-hydrogen) atoms. The Balaban J connectivity index is 2.08. The van der Waals surface area contributed by atoms with Crippen LogP contribution >= 0.6 is 34.8 Å². The highest BCUT2D eigenvalue weighted by molar-refractivity contribution is 7.92. The summed E-state index contributed by atoms with van der Waals surface area (Å²) >= 11 is 16.9. The van der Waals surface area contributed by atoms with Crippen molar-refractivity contribution in [3.05, 3.63) is 71.6 Å². The first-order valence-electron chi connectivity index (χ1n) is 8.43. The monoisotopic (exact) mass is 476 g/mol. The lowest BCUT2D eigenvalue weighted by molar-refractivity contribution is -0.120. The molecule has 154 valence electrons. The molecular formula is C19H16Cl3FN2O3S. The molecule has 1 heterocycles. The number of alkyl halides is 3. The maximum Gasteiger partial charge on any atom is 0.272 e. The molecule has 1 atom stereocenters. The lowest BCUT2D eigenvalue weighted by Gasteiger charge is -2.26. The molecule has 10 heteroatoms. The number of nitrogens with one attached hydrogen (secondary N) is 1. The van der Waals surface area contributed by atoms with Gasteiger partial charge in [-0.05, 0) is 31.2 Å². The summed E-state index contributed by atoms with van der Waals surface area (Å²) in [6.07, 6.45) is 3.11. The second kappa shape index (κ2) is 8.14. The van der Waals surface area contributed by atoms with Gasteiger partial charge in [0.05, 0.1) is 23.2 Å². The third kappa shape index (κ3) is 4.69. The van der Waals surface area contributed by atoms with E-state index < -0.39 is 31.6 Å². The van der Waals surface area contributed by atoms with Crippen molar-refractivity contribution >= 4 is 56.4 Å². The van der Waals surface area contributed by atoms with Gasteiger partial charge in [0, 0.05) is 5.56 Å². The van der Waals surface area contributed by atoms with E-state index in [0.717, 1.165) is 15.9 Å². The maximum atomic E-state index is 14.0. The molecule has 1 unspecified atom stereocenters. The number of fused-ring (bicyclic) bond motifs is 1. The first kappa shape index (κ1) is 21.9. The lowest BCUT2D eigenvalue weighted by Crippen LogP contribution is -2.37. The number of carbonyl (C=O) groups excluding carboxylic acids is 1. The Morgan fingerprint density at radius 1 is 1.17 bits per heavy atom. The van der Waals surface area contributed by atoms with Crippen LogP contribution in [-0.2, 0) is 14.8 Å². The van der Waals surface area contributed by atoms with Crippen molar-refractivity contribution in [3.8, 4) is 0 Å². The van der Waals surface area contributed by atoms with Gasteiger partial charge in [-0.1, -0.05) is 70.7 Å². The number of rotatable bonds is 3. The van der Waals surface area contributed by atoms with E-state index in [9.17, 15) is 17.6 Å². The van der Waals surface area contributed by atoms with E-state index in [1.54, 1.807) is 24.3 Å². The molecule has 1 aliphatic heterocycles. The van der Waals surface area contributed by atoms with Gasteiger partial charge in [0.15, 0.2) is 0 Å². The number of sulfonamides is 1. The Hall–Kier alpha value is -1.80. The fourth-order valence-electron chi connectivity index (χ4n) is 2.90. The zero-order valence-corrected chi connectivity index (χ0v) is 18.2. The third-order valence-corrected chi connectivity index (χ3v) is 6.66. The Labute approximate surface area is 183 Å². The van der Waals surface area contributed by atoms with E-state index in [2.05, 4.69) is 5.32 Å². The van der Waals surface area contributed by atoms with Crippen molar-refractivity contribution in [1.29, 1.82) is 0 Å². The number of carbonyl (C=O) groups is 1. The van der Waals surface area contributed by atoms with Gasteiger partial charge < -0.3 is 5.32 Å². The predicted molar refractivity (Wildman–Crippen MR) is 112 cm³/mol. The number of nitrogens with zero attached hydrogens (tertiary/aromatic N) is 1. The smallest absolute Gasteiger partial charge is 0.272 e. The second-order valence-electron chi connectivity index (χ2n) is 6.43. The summed E-state index contributed by atoms with van der Waals surface area (Å²) in [7, 11) is -3.99. The summed E-state index contributed by atoms with van der Waals surface area (Å²) in [5, 5.41) is 2.53. The van der Waals surface area contributed by atoms with Crippen molar-refractivity contribution in [1.82, 2.24) is 5.32 Å². The number of hydrogen-bond donors (Lipinski definition) is 1. The zero-order chi connectivity index (χ0) is 21.4. The fourth-order valence-corrected chi connectivity index (χ4v) is 4.50. The van der Waals surface area contributed by atoms with Crippen molar-refractivity contribution in [3.63, 3.8) is 0 Å². The Kier molecular flexibility index (Phi) is 6.15. The molecule has 1 amide bonds. The number of aryl methyl sites for hydroxylation is 1. The minimum absolute atomic E-state index is 0.0627. The molecule has 5 nitrogen and oxygen atoms in total. The minimum atomic E-state index is -3.99. The van der Waals surface area contributed by atoms with Crippen LogP contribution < -0.4 is 9.62 Å². The van der Waals surface area contributed by atoms with E-state index in [0.29, 0.717) is 5.56 Å². The van der Waals surface area contributed by atoms with Crippen LogP contribution in [0.5, 0.6) is 0 Å². The highest BCUT2D eigenvalue weighted by Crippen LogP contribution is 2.35. The number of anilines is 1. The van der Waals surface area contributed by atoms with E-state index in [4.69, 9.17) is 34.8 Å². The van der Waals surface area contributed by atoms with Crippen LogP contribution in [0.15, 0.2) is 59.5 Å². The molecule has 3 rings (SSSR count). The van der Waals surface area contributed by atoms with Gasteiger partial charge in [0.1, 0.15) is 5.82 Å². The first-order valence-corrected chi connectivity index (χ1v) is 11.0. The van der Waals surface area contributed by atoms with Crippen LogP contribution in [0.1, 0.15) is 17.2 Å². The SMILES string of the molecule is Cc1ccc(S(=O)(=O)N2CC=CC(NC(=O)C(Cl)(Cl)Cl)c3ccc(F)cc32)cc1. The summed E-state index contributed by atoms with van der Waals surface area (Å²) in [4.78, 5) is 12.2. The van der Waals surface area contributed by atoms with Gasteiger partial charge >= 0.3 is 0 Å². The van der Waals surface area contributed by atoms with Crippen molar-refractivity contribution in [2.24, 2.45) is 0 Å². The molecule has 0 bridgehead atoms. The van der Waals surface area contributed by atoms with Gasteiger partial charge in [-0.3, -0.25) is 9.10 Å². The molecule has 0 saturated carbocycles. The number of amides is 1. The molecule has 0 aliphatic carbocycles. The van der Waals surface area contributed by atoms with Gasteiger partial charge in [-0.2, -0.15) is 0 Å². The van der Waals surface area contributed by atoms with Crippen LogP contribution in [0.4, 0.5) is 10.1 Å². The molecule has 1 aliphatic rings. The molecule has 0 spiro atoms. The Morgan fingerprint density at radius 2 is 1.83 bits per heavy atom. The normalized spacial score (nSPS) is 16.9. The van der Waals surface area contributed by atoms with Crippen LogP contribution in [0, 0.1) is 12.7 Å². The van der Waals surface area contributed by atoms with Crippen molar-refractivity contribution in [2.75, 3.05) is 10.8 Å².